The quantitative estimate of drug-likeness (QED) is 0.756. The maximum Gasteiger partial charge on any atom is 0.247 e. The number of hydrogen-bond acceptors (Lipinski definition) is 4. The smallest absolute Gasteiger partial charge is 0.247 e. The summed E-state index contributed by atoms with van der Waals surface area (Å²) in [5.41, 5.74) is 3.07. The van der Waals surface area contributed by atoms with Gasteiger partial charge in [-0.2, -0.15) is 0 Å². The van der Waals surface area contributed by atoms with E-state index in [2.05, 4.69) is 15.5 Å². The molecule has 3 aromatic rings. The predicted octanol–water partition coefficient (Wildman–Crippen LogP) is 3.29. The molecule has 0 radical (unpaired) electrons. The normalized spacial score (nSPS) is 10.5. The molecule has 0 aliphatic heterocycles. The van der Waals surface area contributed by atoms with Crippen LogP contribution in [0.4, 0.5) is 0 Å². The van der Waals surface area contributed by atoms with E-state index in [4.69, 9.17) is 4.42 Å². The van der Waals surface area contributed by atoms with Crippen LogP contribution in [0.25, 0.3) is 11.5 Å². The molecule has 0 aliphatic carbocycles. The van der Waals surface area contributed by atoms with E-state index in [-0.39, 0.29) is 5.91 Å². The van der Waals surface area contributed by atoms with E-state index in [9.17, 15) is 4.79 Å². The molecule has 0 aliphatic rings. The Morgan fingerprint density at radius 2 is 1.79 bits per heavy atom. The molecule has 0 unspecified atom stereocenters. The van der Waals surface area contributed by atoms with Crippen LogP contribution in [-0.4, -0.2) is 16.1 Å². The van der Waals surface area contributed by atoms with Crippen molar-refractivity contribution < 1.29 is 9.21 Å². The lowest BCUT2D eigenvalue weighted by Crippen LogP contribution is -2.22. The van der Waals surface area contributed by atoms with Gasteiger partial charge in [0.2, 0.25) is 17.7 Å². The fraction of sp³-hybridized carbons (Fsp3) is 0.211. The third-order valence-electron chi connectivity index (χ3n) is 3.74. The molecule has 1 aromatic heterocycles. The Morgan fingerprint density at radius 1 is 1.04 bits per heavy atom. The lowest BCUT2D eigenvalue weighted by Gasteiger charge is -2.04. The average molecular weight is 321 g/mol. The third-order valence-corrected chi connectivity index (χ3v) is 3.74. The van der Waals surface area contributed by atoms with Crippen molar-refractivity contribution in [3.8, 4) is 11.5 Å². The average Bonchev–Trinajstić information content (AvgIpc) is 3.08. The van der Waals surface area contributed by atoms with E-state index in [1.54, 1.807) is 0 Å². The Hall–Kier alpha value is -2.95. The van der Waals surface area contributed by atoms with Crippen molar-refractivity contribution in [3.63, 3.8) is 0 Å². The van der Waals surface area contributed by atoms with Gasteiger partial charge in [-0.15, -0.1) is 10.2 Å². The Morgan fingerprint density at radius 3 is 2.58 bits per heavy atom. The first-order valence-electron chi connectivity index (χ1n) is 7.91. The topological polar surface area (TPSA) is 68.0 Å². The number of nitrogens with one attached hydrogen (secondary N) is 1. The molecule has 0 atom stereocenters. The molecule has 0 spiro atoms. The molecule has 2 aromatic carbocycles. The van der Waals surface area contributed by atoms with Gasteiger partial charge in [0.05, 0.1) is 0 Å². The summed E-state index contributed by atoms with van der Waals surface area (Å²) in [6, 6.07) is 17.7. The SMILES string of the molecule is Cc1ccccc1-c1nnc(CCC(=O)NCc2ccccc2)o1. The Labute approximate surface area is 140 Å². The molecule has 1 amide bonds. The molecular formula is C19H19N3O2. The van der Waals surface area contributed by atoms with Crippen molar-refractivity contribution in [1.29, 1.82) is 0 Å². The minimum absolute atomic E-state index is 0.0329. The molecule has 5 nitrogen and oxygen atoms in total. The van der Waals surface area contributed by atoms with Crippen LogP contribution in [0, 0.1) is 6.92 Å². The molecule has 1 heterocycles. The molecule has 3 rings (SSSR count). The van der Waals surface area contributed by atoms with Crippen LogP contribution in [0.5, 0.6) is 0 Å². The van der Waals surface area contributed by atoms with Gasteiger partial charge in [-0.3, -0.25) is 4.79 Å². The molecular weight excluding hydrogens is 302 g/mol. The second-order valence-electron chi connectivity index (χ2n) is 5.58. The molecule has 0 saturated heterocycles. The first-order chi connectivity index (χ1) is 11.7. The second-order valence-corrected chi connectivity index (χ2v) is 5.58. The van der Waals surface area contributed by atoms with Crippen molar-refractivity contribution in [3.05, 3.63) is 71.6 Å². The van der Waals surface area contributed by atoms with Gasteiger partial charge in [0, 0.05) is 24.9 Å². The number of carbonyl (C=O) groups is 1. The maximum absolute atomic E-state index is 11.9. The van der Waals surface area contributed by atoms with Crippen LogP contribution in [0.1, 0.15) is 23.4 Å². The minimum atomic E-state index is -0.0329. The van der Waals surface area contributed by atoms with E-state index in [1.165, 1.54) is 0 Å². The zero-order valence-corrected chi connectivity index (χ0v) is 13.5. The number of hydrogen-bond donors (Lipinski definition) is 1. The fourth-order valence-electron chi connectivity index (χ4n) is 2.38. The van der Waals surface area contributed by atoms with Crippen molar-refractivity contribution >= 4 is 5.91 Å². The molecule has 1 N–H and O–H groups in total. The number of carbonyl (C=O) groups excluding carboxylic acids is 1. The van der Waals surface area contributed by atoms with Gasteiger partial charge < -0.3 is 9.73 Å². The number of rotatable bonds is 6. The van der Waals surface area contributed by atoms with Crippen molar-refractivity contribution in [2.45, 2.75) is 26.3 Å². The van der Waals surface area contributed by atoms with Crippen molar-refractivity contribution in [2.24, 2.45) is 0 Å². The molecule has 5 heteroatoms. The number of nitrogens with zero attached hydrogens (tertiary/aromatic N) is 2. The molecule has 0 fully saturated rings. The van der Waals surface area contributed by atoms with Gasteiger partial charge in [-0.05, 0) is 24.1 Å². The van der Waals surface area contributed by atoms with Crippen LogP contribution in [0.3, 0.4) is 0 Å². The highest BCUT2D eigenvalue weighted by Gasteiger charge is 2.11. The van der Waals surface area contributed by atoms with Crippen LogP contribution in [0.2, 0.25) is 0 Å². The summed E-state index contributed by atoms with van der Waals surface area (Å²) >= 11 is 0. The Bertz CT molecular complexity index is 812. The first-order valence-corrected chi connectivity index (χ1v) is 7.91. The minimum Gasteiger partial charge on any atom is -0.421 e. The van der Waals surface area contributed by atoms with E-state index in [0.717, 1.165) is 16.7 Å². The van der Waals surface area contributed by atoms with Crippen LogP contribution < -0.4 is 5.32 Å². The lowest BCUT2D eigenvalue weighted by molar-refractivity contribution is -0.121. The van der Waals surface area contributed by atoms with Crippen molar-refractivity contribution in [2.75, 3.05) is 0 Å². The summed E-state index contributed by atoms with van der Waals surface area (Å²) in [6.07, 6.45) is 0.752. The summed E-state index contributed by atoms with van der Waals surface area (Å²) in [5.74, 6) is 0.936. The summed E-state index contributed by atoms with van der Waals surface area (Å²) < 4.78 is 5.66. The summed E-state index contributed by atoms with van der Waals surface area (Å²) in [7, 11) is 0. The highest BCUT2D eigenvalue weighted by atomic mass is 16.4. The maximum atomic E-state index is 11.9. The number of amides is 1. The zero-order valence-electron chi connectivity index (χ0n) is 13.5. The number of benzene rings is 2. The van der Waals surface area contributed by atoms with Gasteiger partial charge in [0.15, 0.2) is 0 Å². The predicted molar refractivity (Wildman–Crippen MR) is 91.1 cm³/mol. The fourth-order valence-corrected chi connectivity index (χ4v) is 2.38. The zero-order chi connectivity index (χ0) is 16.8. The third kappa shape index (κ3) is 4.07. The van der Waals surface area contributed by atoms with Gasteiger partial charge >= 0.3 is 0 Å². The number of aromatic nitrogens is 2. The molecule has 0 saturated carbocycles. The molecule has 122 valence electrons. The Kier molecular flexibility index (Phi) is 5.01. The van der Waals surface area contributed by atoms with Crippen molar-refractivity contribution in [1.82, 2.24) is 15.5 Å². The first kappa shape index (κ1) is 15.9. The largest absolute Gasteiger partial charge is 0.421 e. The molecule has 24 heavy (non-hydrogen) atoms. The standard InChI is InChI=1S/C19H19N3O2/c1-14-7-5-6-10-16(14)19-22-21-18(24-19)12-11-17(23)20-13-15-8-3-2-4-9-15/h2-10H,11-13H2,1H3,(H,20,23). The Balaban J connectivity index is 1.52. The van der Waals surface area contributed by atoms with Gasteiger partial charge in [-0.1, -0.05) is 48.5 Å². The van der Waals surface area contributed by atoms with Gasteiger partial charge in [-0.25, -0.2) is 0 Å². The van der Waals surface area contributed by atoms with Crippen LogP contribution in [-0.2, 0) is 17.8 Å². The monoisotopic (exact) mass is 321 g/mol. The van der Waals surface area contributed by atoms with Crippen LogP contribution >= 0.6 is 0 Å². The highest BCUT2D eigenvalue weighted by Crippen LogP contribution is 2.21. The van der Waals surface area contributed by atoms with E-state index in [0.29, 0.717) is 31.2 Å². The van der Waals surface area contributed by atoms with E-state index < -0.39 is 0 Å². The lowest BCUT2D eigenvalue weighted by atomic mass is 10.1. The molecule has 0 bridgehead atoms. The van der Waals surface area contributed by atoms with Gasteiger partial charge in [0.1, 0.15) is 0 Å². The van der Waals surface area contributed by atoms with E-state index >= 15 is 0 Å². The second kappa shape index (κ2) is 7.55. The summed E-state index contributed by atoms with van der Waals surface area (Å²) in [6.45, 7) is 2.52. The van der Waals surface area contributed by atoms with E-state index in [1.807, 2.05) is 61.5 Å². The summed E-state index contributed by atoms with van der Waals surface area (Å²) in [5, 5.41) is 11.0. The van der Waals surface area contributed by atoms with Crippen LogP contribution in [0.15, 0.2) is 59.0 Å². The number of aryl methyl sites for hydroxylation is 2. The van der Waals surface area contributed by atoms with Gasteiger partial charge in [0.25, 0.3) is 0 Å². The highest BCUT2D eigenvalue weighted by molar-refractivity contribution is 5.76. The summed E-state index contributed by atoms with van der Waals surface area (Å²) in [4.78, 5) is 11.9.